The van der Waals surface area contributed by atoms with Gasteiger partial charge in [0.2, 0.25) is 0 Å². The second-order valence-corrected chi connectivity index (χ2v) is 7.37. The number of aliphatic imine (C=N–C) groups is 1. The van der Waals surface area contributed by atoms with Crippen LogP contribution in [0.2, 0.25) is 0 Å². The highest BCUT2D eigenvalue weighted by Crippen LogP contribution is 2.18. The minimum atomic E-state index is -2.98. The molecule has 0 radical (unpaired) electrons. The van der Waals surface area contributed by atoms with E-state index in [0.717, 1.165) is 11.3 Å². The zero-order valence-electron chi connectivity index (χ0n) is 14.1. The highest BCUT2D eigenvalue weighted by Gasteiger charge is 2.08. The number of nitrogens with one attached hydrogen (secondary N) is 2. The highest BCUT2D eigenvalue weighted by molar-refractivity contribution is 7.91. The van der Waals surface area contributed by atoms with Gasteiger partial charge in [0.1, 0.15) is 5.75 Å². The molecule has 1 aromatic rings. The van der Waals surface area contributed by atoms with Gasteiger partial charge in [0.15, 0.2) is 15.8 Å². The van der Waals surface area contributed by atoms with Gasteiger partial charge < -0.3 is 15.4 Å². The third-order valence-corrected chi connectivity index (χ3v) is 4.88. The van der Waals surface area contributed by atoms with E-state index in [1.54, 1.807) is 6.92 Å². The highest BCUT2D eigenvalue weighted by atomic mass is 32.2. The summed E-state index contributed by atoms with van der Waals surface area (Å²) in [5.74, 6) is 1.68. The Balaban J connectivity index is 2.68. The van der Waals surface area contributed by atoms with Crippen LogP contribution in [0.15, 0.2) is 29.3 Å². The average Bonchev–Trinajstić information content (AvgIpc) is 2.54. The number of ether oxygens (including phenoxy) is 1. The Hall–Kier alpha value is -1.76. The van der Waals surface area contributed by atoms with Crippen molar-refractivity contribution < 1.29 is 13.2 Å². The van der Waals surface area contributed by atoms with E-state index in [-0.39, 0.29) is 11.5 Å². The summed E-state index contributed by atoms with van der Waals surface area (Å²) in [6.45, 7) is 7.68. The maximum Gasteiger partial charge on any atom is 0.191 e. The molecule has 0 aliphatic rings. The van der Waals surface area contributed by atoms with Crippen molar-refractivity contribution in [2.75, 3.05) is 31.2 Å². The molecule has 0 aliphatic heterocycles. The minimum Gasteiger partial charge on any atom is -0.494 e. The van der Waals surface area contributed by atoms with Gasteiger partial charge in [0, 0.05) is 24.4 Å². The first-order valence-corrected chi connectivity index (χ1v) is 9.77. The van der Waals surface area contributed by atoms with Crippen LogP contribution in [0, 0.1) is 0 Å². The van der Waals surface area contributed by atoms with E-state index in [4.69, 9.17) is 4.74 Å². The molecular formula is C16H27N3O3S. The molecule has 7 heteroatoms. The van der Waals surface area contributed by atoms with Gasteiger partial charge in [-0.2, -0.15) is 0 Å². The Morgan fingerprint density at radius 3 is 2.57 bits per heavy atom. The smallest absolute Gasteiger partial charge is 0.191 e. The van der Waals surface area contributed by atoms with E-state index in [0.29, 0.717) is 32.2 Å². The van der Waals surface area contributed by atoms with Crippen molar-refractivity contribution in [3.8, 4) is 5.75 Å². The first-order valence-electron chi connectivity index (χ1n) is 7.95. The fourth-order valence-corrected chi connectivity index (χ4v) is 2.61. The molecule has 0 heterocycles. The van der Waals surface area contributed by atoms with Crippen LogP contribution < -0.4 is 15.4 Å². The second-order valence-electron chi connectivity index (χ2n) is 4.90. The number of rotatable bonds is 9. The first kappa shape index (κ1) is 19.3. The molecule has 1 rings (SSSR count). The summed E-state index contributed by atoms with van der Waals surface area (Å²) in [7, 11) is -2.98. The maximum atomic E-state index is 11.5. The van der Waals surface area contributed by atoms with Crippen LogP contribution in [0.25, 0.3) is 0 Å². The molecule has 0 unspecified atom stereocenters. The Kier molecular flexibility index (Phi) is 8.47. The van der Waals surface area contributed by atoms with Crippen LogP contribution in [0.5, 0.6) is 5.75 Å². The number of guanidine groups is 1. The summed E-state index contributed by atoms with van der Waals surface area (Å²) >= 11 is 0. The summed E-state index contributed by atoms with van der Waals surface area (Å²) in [5, 5.41) is 6.16. The minimum absolute atomic E-state index is 0.101. The van der Waals surface area contributed by atoms with E-state index in [2.05, 4.69) is 15.6 Å². The summed E-state index contributed by atoms with van der Waals surface area (Å²) in [5.41, 5.74) is 0.993. The molecule has 0 saturated carbocycles. The first-order chi connectivity index (χ1) is 11.0. The quantitative estimate of drug-likeness (QED) is 0.526. The lowest BCUT2D eigenvalue weighted by atomic mass is 10.2. The maximum absolute atomic E-state index is 11.5. The predicted molar refractivity (Wildman–Crippen MR) is 94.8 cm³/mol. The van der Waals surface area contributed by atoms with Gasteiger partial charge in [-0.1, -0.05) is 25.1 Å². The average molecular weight is 341 g/mol. The van der Waals surface area contributed by atoms with Gasteiger partial charge >= 0.3 is 0 Å². The summed E-state index contributed by atoms with van der Waals surface area (Å²) in [4.78, 5) is 4.49. The Labute approximate surface area is 139 Å². The van der Waals surface area contributed by atoms with Gasteiger partial charge in [-0.25, -0.2) is 13.4 Å². The molecule has 0 saturated heterocycles. The van der Waals surface area contributed by atoms with E-state index < -0.39 is 9.84 Å². The molecule has 0 aromatic heterocycles. The van der Waals surface area contributed by atoms with Crippen molar-refractivity contribution >= 4 is 15.8 Å². The normalized spacial score (nSPS) is 12.0. The van der Waals surface area contributed by atoms with E-state index in [1.165, 1.54) is 0 Å². The molecule has 2 N–H and O–H groups in total. The molecule has 0 aliphatic carbocycles. The monoisotopic (exact) mass is 341 g/mol. The Morgan fingerprint density at radius 1 is 1.17 bits per heavy atom. The van der Waals surface area contributed by atoms with Crippen molar-refractivity contribution in [3.63, 3.8) is 0 Å². The molecule has 6 nitrogen and oxygen atoms in total. The molecule has 23 heavy (non-hydrogen) atoms. The molecular weight excluding hydrogens is 314 g/mol. The summed E-state index contributed by atoms with van der Waals surface area (Å²) < 4.78 is 28.6. The number of nitrogens with zero attached hydrogens (tertiary/aromatic N) is 1. The topological polar surface area (TPSA) is 79.8 Å². The number of sulfone groups is 1. The van der Waals surface area contributed by atoms with E-state index in [1.807, 2.05) is 38.1 Å². The molecule has 0 bridgehead atoms. The Morgan fingerprint density at radius 2 is 1.91 bits per heavy atom. The number of hydrogen-bond acceptors (Lipinski definition) is 4. The van der Waals surface area contributed by atoms with Crippen molar-refractivity contribution in [2.45, 2.75) is 27.3 Å². The molecule has 1 aromatic carbocycles. The van der Waals surface area contributed by atoms with Crippen LogP contribution >= 0.6 is 0 Å². The van der Waals surface area contributed by atoms with E-state index >= 15 is 0 Å². The lowest BCUT2D eigenvalue weighted by molar-refractivity contribution is 0.336. The Bertz CT molecular complexity index is 600. The lowest BCUT2D eigenvalue weighted by Crippen LogP contribution is -2.39. The van der Waals surface area contributed by atoms with Crippen molar-refractivity contribution in [3.05, 3.63) is 29.8 Å². The van der Waals surface area contributed by atoms with Crippen LogP contribution in [0.4, 0.5) is 0 Å². The third kappa shape index (κ3) is 7.36. The fraction of sp³-hybridized carbons (Fsp3) is 0.562. The van der Waals surface area contributed by atoms with Gasteiger partial charge in [-0.05, 0) is 19.9 Å². The van der Waals surface area contributed by atoms with Crippen LogP contribution in [0.3, 0.4) is 0 Å². The lowest BCUT2D eigenvalue weighted by Gasteiger charge is -2.12. The van der Waals surface area contributed by atoms with Gasteiger partial charge in [0.25, 0.3) is 0 Å². The standard InChI is InChI=1S/C16H27N3O3S/c1-4-17-16(18-11-12-23(20,21)6-3)19-13-14-9-7-8-10-15(14)22-5-2/h7-10H,4-6,11-13H2,1-3H3,(H2,17,18,19). The van der Waals surface area contributed by atoms with Crippen molar-refractivity contribution in [2.24, 2.45) is 4.99 Å². The van der Waals surface area contributed by atoms with Gasteiger partial charge in [-0.3, -0.25) is 0 Å². The summed E-state index contributed by atoms with van der Waals surface area (Å²) in [6, 6.07) is 7.76. The molecule has 0 spiro atoms. The zero-order chi connectivity index (χ0) is 17.1. The second kappa shape index (κ2) is 10.1. The van der Waals surface area contributed by atoms with E-state index in [9.17, 15) is 8.42 Å². The molecule has 0 fully saturated rings. The van der Waals surface area contributed by atoms with Gasteiger partial charge in [-0.15, -0.1) is 0 Å². The number of para-hydroxylation sites is 1. The molecule has 0 amide bonds. The van der Waals surface area contributed by atoms with Crippen LogP contribution in [0.1, 0.15) is 26.3 Å². The molecule has 0 atom stereocenters. The number of benzene rings is 1. The van der Waals surface area contributed by atoms with Gasteiger partial charge in [0.05, 0.1) is 18.9 Å². The SMILES string of the molecule is CCNC(=NCc1ccccc1OCC)NCCS(=O)(=O)CC. The number of hydrogen-bond donors (Lipinski definition) is 2. The predicted octanol–water partition coefficient (Wildman–Crippen LogP) is 1.58. The largest absolute Gasteiger partial charge is 0.494 e. The van der Waals surface area contributed by atoms with Crippen molar-refractivity contribution in [1.29, 1.82) is 0 Å². The fourth-order valence-electron chi connectivity index (χ4n) is 1.91. The summed E-state index contributed by atoms with van der Waals surface area (Å²) in [6.07, 6.45) is 0. The van der Waals surface area contributed by atoms with Crippen LogP contribution in [-0.4, -0.2) is 45.6 Å². The third-order valence-electron chi connectivity index (χ3n) is 3.17. The van der Waals surface area contributed by atoms with Crippen LogP contribution in [-0.2, 0) is 16.4 Å². The van der Waals surface area contributed by atoms with Crippen molar-refractivity contribution in [1.82, 2.24) is 10.6 Å². The molecule has 130 valence electrons. The zero-order valence-corrected chi connectivity index (χ0v) is 14.9.